The summed E-state index contributed by atoms with van der Waals surface area (Å²) < 4.78 is 5.97. The van der Waals surface area contributed by atoms with E-state index in [1.165, 1.54) is 19.3 Å². The van der Waals surface area contributed by atoms with Crippen LogP contribution in [0.15, 0.2) is 11.3 Å². The highest BCUT2D eigenvalue weighted by molar-refractivity contribution is 5.91. The topological polar surface area (TPSA) is 83.8 Å². The van der Waals surface area contributed by atoms with Crippen molar-refractivity contribution in [1.82, 2.24) is 0 Å². The van der Waals surface area contributed by atoms with E-state index >= 15 is 0 Å². The van der Waals surface area contributed by atoms with E-state index in [2.05, 4.69) is 27.7 Å². The summed E-state index contributed by atoms with van der Waals surface area (Å²) in [4.78, 5) is 25.2. The molecule has 4 aliphatic rings. The molecule has 1 heterocycles. The molecule has 0 bridgehead atoms. The van der Waals surface area contributed by atoms with Gasteiger partial charge in [0.05, 0.1) is 12.0 Å². The first-order valence-corrected chi connectivity index (χ1v) is 12.4. The average molecular weight is 433 g/mol. The summed E-state index contributed by atoms with van der Waals surface area (Å²) in [6, 6.07) is 0. The largest absolute Gasteiger partial charge is 0.431 e. The monoisotopic (exact) mass is 432 g/mol. The molecule has 0 unspecified atom stereocenters. The van der Waals surface area contributed by atoms with Gasteiger partial charge >= 0.3 is 5.97 Å². The van der Waals surface area contributed by atoms with Gasteiger partial charge in [0.25, 0.3) is 0 Å². The predicted octanol–water partition coefficient (Wildman–Crippen LogP) is 4.40. The van der Waals surface area contributed by atoms with Crippen molar-refractivity contribution < 1.29 is 24.5 Å². The van der Waals surface area contributed by atoms with Crippen LogP contribution in [0.4, 0.5) is 0 Å². The van der Waals surface area contributed by atoms with E-state index in [0.29, 0.717) is 11.8 Å². The van der Waals surface area contributed by atoms with E-state index in [0.717, 1.165) is 42.9 Å². The first-order chi connectivity index (χ1) is 14.5. The number of Topliss-reactive ketones (excluding diaryl/α,β-unsaturated/α-hetero) is 1. The van der Waals surface area contributed by atoms with Gasteiger partial charge in [-0.05, 0) is 54.4 Å². The zero-order valence-electron chi connectivity index (χ0n) is 19.8. The number of rotatable bonds is 5. The van der Waals surface area contributed by atoms with E-state index < -0.39 is 35.3 Å². The number of carbonyl (C=O) groups excluding carboxylic acids is 2. The first-order valence-electron chi connectivity index (χ1n) is 12.4. The molecule has 0 aromatic carbocycles. The Kier molecular flexibility index (Phi) is 5.92. The Morgan fingerprint density at radius 1 is 1.06 bits per heavy atom. The van der Waals surface area contributed by atoms with E-state index in [-0.39, 0.29) is 17.8 Å². The fraction of sp³-hybridized carbons (Fsp3) is 0.846. The lowest BCUT2D eigenvalue weighted by molar-refractivity contribution is -0.177. The molecule has 2 N–H and O–H groups in total. The number of fused-ring (bicyclic) bond motifs is 4. The molecule has 0 saturated heterocycles. The minimum Gasteiger partial charge on any atom is -0.431 e. The van der Waals surface area contributed by atoms with Crippen molar-refractivity contribution in [2.24, 2.45) is 40.4 Å². The normalized spacial score (nSPS) is 43.4. The molecule has 0 aromatic rings. The second kappa shape index (κ2) is 7.98. The summed E-state index contributed by atoms with van der Waals surface area (Å²) in [6.07, 6.45) is 4.94. The summed E-state index contributed by atoms with van der Waals surface area (Å²) in [7, 11) is 0. The lowest BCUT2D eigenvalue weighted by Crippen LogP contribution is -2.60. The fourth-order valence-corrected chi connectivity index (χ4v) is 7.57. The van der Waals surface area contributed by atoms with Gasteiger partial charge < -0.3 is 14.9 Å². The van der Waals surface area contributed by atoms with Gasteiger partial charge in [0.2, 0.25) is 0 Å². The third-order valence-electron chi connectivity index (χ3n) is 9.58. The van der Waals surface area contributed by atoms with Crippen LogP contribution in [0.1, 0.15) is 86.0 Å². The van der Waals surface area contributed by atoms with E-state index in [4.69, 9.17) is 4.74 Å². The van der Waals surface area contributed by atoms with Gasteiger partial charge in [0, 0.05) is 17.8 Å². The van der Waals surface area contributed by atoms with Crippen LogP contribution in [0.5, 0.6) is 0 Å². The maximum absolute atomic E-state index is 13.0. The first kappa shape index (κ1) is 23.0. The van der Waals surface area contributed by atoms with Crippen LogP contribution in [0.3, 0.4) is 0 Å². The molecular weight excluding hydrogens is 392 g/mol. The molecule has 3 aliphatic carbocycles. The number of hydrogen-bond donors (Lipinski definition) is 2. The number of carbonyl (C=O) groups is 2. The number of ketones is 1. The molecule has 4 rings (SSSR count). The summed E-state index contributed by atoms with van der Waals surface area (Å²) in [5.41, 5.74) is 0.153. The van der Waals surface area contributed by atoms with E-state index in [9.17, 15) is 19.8 Å². The van der Waals surface area contributed by atoms with Crippen molar-refractivity contribution in [2.45, 2.75) is 98.2 Å². The zero-order chi connectivity index (χ0) is 22.7. The van der Waals surface area contributed by atoms with Gasteiger partial charge in [0.15, 0.2) is 5.78 Å². The van der Waals surface area contributed by atoms with Gasteiger partial charge in [-0.25, -0.2) is 0 Å². The lowest BCUT2D eigenvalue weighted by atomic mass is 9.53. The molecule has 174 valence electrons. The van der Waals surface area contributed by atoms with Gasteiger partial charge in [-0.2, -0.15) is 0 Å². The molecule has 5 nitrogen and oxygen atoms in total. The second-order valence-electron chi connectivity index (χ2n) is 11.7. The maximum atomic E-state index is 13.0. The van der Waals surface area contributed by atoms with Crippen molar-refractivity contribution in [1.29, 1.82) is 0 Å². The van der Waals surface area contributed by atoms with E-state index in [1.807, 2.05) is 6.92 Å². The quantitative estimate of drug-likeness (QED) is 0.629. The van der Waals surface area contributed by atoms with Crippen LogP contribution in [-0.2, 0) is 14.3 Å². The van der Waals surface area contributed by atoms with Crippen molar-refractivity contribution in [3.63, 3.8) is 0 Å². The molecule has 0 spiro atoms. The molecule has 1 aliphatic heterocycles. The van der Waals surface area contributed by atoms with E-state index in [1.54, 1.807) is 0 Å². The SMILES string of the molecule is CC(C)CCC[C@@H](C)[C@H]1CC[C@H]2C3=C(CC[C@]12C)[C@]1(C)[C@H](CC(=O)[C@H](O)[C@@H]1O)C(=O)O3. The Bertz CT molecular complexity index is 785. The third kappa shape index (κ3) is 3.42. The second-order valence-corrected chi connectivity index (χ2v) is 11.7. The molecule has 5 heteroatoms. The van der Waals surface area contributed by atoms with Gasteiger partial charge in [0.1, 0.15) is 11.9 Å². The van der Waals surface area contributed by atoms with Crippen molar-refractivity contribution in [3.8, 4) is 0 Å². The van der Waals surface area contributed by atoms with Crippen LogP contribution < -0.4 is 0 Å². The molecular formula is C26H40O5. The highest BCUT2D eigenvalue weighted by Gasteiger charge is 2.63. The minimum atomic E-state index is -1.42. The maximum Gasteiger partial charge on any atom is 0.315 e. The van der Waals surface area contributed by atoms with Crippen LogP contribution in [0, 0.1) is 40.4 Å². The van der Waals surface area contributed by atoms with Gasteiger partial charge in [-0.1, -0.05) is 53.9 Å². The van der Waals surface area contributed by atoms with Crippen molar-refractivity contribution >= 4 is 11.8 Å². The Balaban J connectivity index is 1.63. The number of hydrogen-bond acceptors (Lipinski definition) is 5. The number of allylic oxidation sites excluding steroid dienone is 1. The molecule has 0 amide bonds. The highest BCUT2D eigenvalue weighted by atomic mass is 16.5. The summed E-state index contributed by atoms with van der Waals surface area (Å²) >= 11 is 0. The summed E-state index contributed by atoms with van der Waals surface area (Å²) in [6.45, 7) is 11.2. The Labute approximate surface area is 186 Å². The van der Waals surface area contributed by atoms with Crippen LogP contribution >= 0.6 is 0 Å². The molecule has 2 saturated carbocycles. The number of esters is 1. The Morgan fingerprint density at radius 2 is 1.77 bits per heavy atom. The molecule has 8 atom stereocenters. The Morgan fingerprint density at radius 3 is 2.45 bits per heavy atom. The van der Waals surface area contributed by atoms with Crippen LogP contribution in [-0.4, -0.2) is 34.2 Å². The number of aliphatic hydroxyl groups excluding tert-OH is 2. The summed E-state index contributed by atoms with van der Waals surface area (Å²) in [5.74, 6) is 1.35. The average Bonchev–Trinajstić information content (AvgIpc) is 3.06. The van der Waals surface area contributed by atoms with Crippen molar-refractivity contribution in [2.75, 3.05) is 0 Å². The zero-order valence-corrected chi connectivity index (χ0v) is 19.8. The number of ether oxygens (including phenoxy) is 1. The van der Waals surface area contributed by atoms with Crippen LogP contribution in [0.25, 0.3) is 0 Å². The fourth-order valence-electron chi connectivity index (χ4n) is 7.57. The Hall–Kier alpha value is -1.20. The van der Waals surface area contributed by atoms with Gasteiger partial charge in [-0.15, -0.1) is 0 Å². The molecule has 0 radical (unpaired) electrons. The predicted molar refractivity (Wildman–Crippen MR) is 118 cm³/mol. The minimum absolute atomic E-state index is 0.0538. The smallest absolute Gasteiger partial charge is 0.315 e. The third-order valence-corrected chi connectivity index (χ3v) is 9.58. The van der Waals surface area contributed by atoms with Crippen LogP contribution in [0.2, 0.25) is 0 Å². The molecule has 31 heavy (non-hydrogen) atoms. The number of aliphatic hydroxyl groups is 2. The van der Waals surface area contributed by atoms with Crippen molar-refractivity contribution in [3.05, 3.63) is 11.3 Å². The highest BCUT2D eigenvalue weighted by Crippen LogP contribution is 2.64. The lowest BCUT2D eigenvalue weighted by Gasteiger charge is -2.54. The molecule has 0 aromatic heterocycles. The standard InChI is InChI=1S/C26H40O5/c1-14(2)7-6-8-15(3)16-9-10-17-22-18(11-12-25(16,17)4)26(5)19(24(30)31-22)13-20(27)21(28)23(26)29/h14-17,19,21,23,28-29H,6-13H2,1-5H3/t15-,16-,17+,19-,21+,23+,25-,26-/m1/s1. The molecule has 2 fully saturated rings. The summed E-state index contributed by atoms with van der Waals surface area (Å²) in [5, 5.41) is 21.3. The van der Waals surface area contributed by atoms with Gasteiger partial charge in [-0.3, -0.25) is 9.59 Å².